The minimum absolute atomic E-state index is 0.444. The molecule has 0 unspecified atom stereocenters. The van der Waals surface area contributed by atoms with Crippen LogP contribution in [0.3, 0.4) is 0 Å². The maximum Gasteiger partial charge on any atom is 0.192 e. The molecule has 1 rings (SSSR count). The molecule has 0 bridgehead atoms. The molecule has 0 aliphatic carbocycles. The van der Waals surface area contributed by atoms with Gasteiger partial charge in [0.1, 0.15) is 0 Å². The average Bonchev–Trinajstić information content (AvgIpc) is 2.36. The molecule has 0 spiro atoms. The Morgan fingerprint density at radius 2 is 2.11 bits per heavy atom. The van der Waals surface area contributed by atoms with Crippen LogP contribution in [-0.2, 0) is 9.47 Å². The summed E-state index contributed by atoms with van der Waals surface area (Å²) in [5.74, 6) is -0.444. The van der Waals surface area contributed by atoms with Gasteiger partial charge >= 0.3 is 0 Å². The maximum atomic E-state index is 5.10. The standard InChI is InChI=1S/C6H11NO2/c1-8-6(9-2)3-4-7-5-6/h4H,3,5H2,1-2H3. The first-order valence-corrected chi connectivity index (χ1v) is 2.91. The van der Waals surface area contributed by atoms with Gasteiger partial charge in [0.25, 0.3) is 0 Å². The van der Waals surface area contributed by atoms with Gasteiger partial charge in [-0.2, -0.15) is 0 Å². The smallest absolute Gasteiger partial charge is 0.192 e. The highest BCUT2D eigenvalue weighted by molar-refractivity contribution is 5.61. The SMILES string of the molecule is COC1(OC)CC=NC1. The predicted octanol–water partition coefficient (Wildman–Crippen LogP) is 0.450. The summed E-state index contributed by atoms with van der Waals surface area (Å²) < 4.78 is 10.2. The minimum atomic E-state index is -0.444. The van der Waals surface area contributed by atoms with Crippen LogP contribution in [-0.4, -0.2) is 32.8 Å². The van der Waals surface area contributed by atoms with Crippen molar-refractivity contribution in [2.45, 2.75) is 12.2 Å². The molecule has 1 heterocycles. The fraction of sp³-hybridized carbons (Fsp3) is 0.833. The maximum absolute atomic E-state index is 5.10. The average molecular weight is 129 g/mol. The molecule has 0 N–H and O–H groups in total. The number of aliphatic imine (C=N–C) groups is 1. The van der Waals surface area contributed by atoms with Crippen molar-refractivity contribution in [3.05, 3.63) is 0 Å². The molecule has 0 atom stereocenters. The molecule has 52 valence electrons. The molecule has 0 radical (unpaired) electrons. The Balaban J connectivity index is 2.50. The van der Waals surface area contributed by atoms with Crippen molar-refractivity contribution in [3.63, 3.8) is 0 Å². The fourth-order valence-electron chi connectivity index (χ4n) is 0.851. The van der Waals surface area contributed by atoms with Crippen molar-refractivity contribution in [1.82, 2.24) is 0 Å². The molecular weight excluding hydrogens is 118 g/mol. The van der Waals surface area contributed by atoms with Gasteiger partial charge in [0.05, 0.1) is 6.54 Å². The summed E-state index contributed by atoms with van der Waals surface area (Å²) in [6.07, 6.45) is 2.59. The Morgan fingerprint density at radius 3 is 2.33 bits per heavy atom. The van der Waals surface area contributed by atoms with Crippen molar-refractivity contribution in [2.75, 3.05) is 20.8 Å². The van der Waals surface area contributed by atoms with Gasteiger partial charge in [-0.05, 0) is 0 Å². The first-order valence-electron chi connectivity index (χ1n) is 2.91. The zero-order chi connectivity index (χ0) is 6.74. The molecule has 0 fully saturated rings. The molecule has 0 saturated heterocycles. The number of hydrogen-bond donors (Lipinski definition) is 0. The highest BCUT2D eigenvalue weighted by Gasteiger charge is 2.31. The van der Waals surface area contributed by atoms with E-state index in [2.05, 4.69) is 4.99 Å². The van der Waals surface area contributed by atoms with E-state index in [0.29, 0.717) is 6.54 Å². The van der Waals surface area contributed by atoms with Gasteiger partial charge in [-0.1, -0.05) is 0 Å². The van der Waals surface area contributed by atoms with Crippen LogP contribution in [0.25, 0.3) is 0 Å². The second-order valence-corrected chi connectivity index (χ2v) is 2.05. The van der Waals surface area contributed by atoms with Gasteiger partial charge in [-0.3, -0.25) is 4.99 Å². The molecule has 0 saturated carbocycles. The van der Waals surface area contributed by atoms with E-state index in [4.69, 9.17) is 9.47 Å². The molecule has 3 nitrogen and oxygen atoms in total. The van der Waals surface area contributed by atoms with Gasteiger partial charge in [0.2, 0.25) is 0 Å². The summed E-state index contributed by atoms with van der Waals surface area (Å²) in [5.41, 5.74) is 0. The van der Waals surface area contributed by atoms with Crippen LogP contribution in [0.1, 0.15) is 6.42 Å². The molecule has 0 amide bonds. The number of ether oxygens (including phenoxy) is 2. The Labute approximate surface area is 54.7 Å². The molecule has 3 heteroatoms. The third-order valence-electron chi connectivity index (χ3n) is 1.61. The van der Waals surface area contributed by atoms with Gasteiger partial charge in [-0.25, -0.2) is 0 Å². The van der Waals surface area contributed by atoms with Crippen LogP contribution in [0, 0.1) is 0 Å². The van der Waals surface area contributed by atoms with Gasteiger partial charge in [0.15, 0.2) is 5.79 Å². The summed E-state index contributed by atoms with van der Waals surface area (Å²) in [6.45, 7) is 0.625. The normalized spacial score (nSPS) is 22.9. The number of rotatable bonds is 2. The van der Waals surface area contributed by atoms with E-state index in [1.165, 1.54) is 0 Å². The van der Waals surface area contributed by atoms with E-state index in [1.807, 2.05) is 6.21 Å². The topological polar surface area (TPSA) is 30.8 Å². The summed E-state index contributed by atoms with van der Waals surface area (Å²) in [6, 6.07) is 0. The molecule has 0 aromatic carbocycles. The third kappa shape index (κ3) is 1.11. The van der Waals surface area contributed by atoms with Crippen LogP contribution in [0.4, 0.5) is 0 Å². The van der Waals surface area contributed by atoms with Crippen LogP contribution in [0.2, 0.25) is 0 Å². The van der Waals surface area contributed by atoms with Crippen molar-refractivity contribution in [3.8, 4) is 0 Å². The first-order chi connectivity index (χ1) is 4.33. The van der Waals surface area contributed by atoms with Crippen LogP contribution in [0.5, 0.6) is 0 Å². The Morgan fingerprint density at radius 1 is 1.44 bits per heavy atom. The van der Waals surface area contributed by atoms with E-state index in [-0.39, 0.29) is 0 Å². The number of hydrogen-bond acceptors (Lipinski definition) is 3. The fourth-order valence-corrected chi connectivity index (χ4v) is 0.851. The Kier molecular flexibility index (Phi) is 1.83. The Bertz CT molecular complexity index is 108. The molecule has 1 aliphatic rings. The third-order valence-corrected chi connectivity index (χ3v) is 1.61. The van der Waals surface area contributed by atoms with E-state index in [1.54, 1.807) is 14.2 Å². The van der Waals surface area contributed by atoms with E-state index in [0.717, 1.165) is 6.42 Å². The zero-order valence-electron chi connectivity index (χ0n) is 5.76. The van der Waals surface area contributed by atoms with Crippen LogP contribution < -0.4 is 0 Å². The summed E-state index contributed by atoms with van der Waals surface area (Å²) >= 11 is 0. The van der Waals surface area contributed by atoms with Crippen molar-refractivity contribution in [2.24, 2.45) is 4.99 Å². The first kappa shape index (κ1) is 6.71. The second-order valence-electron chi connectivity index (χ2n) is 2.05. The van der Waals surface area contributed by atoms with Crippen molar-refractivity contribution in [1.29, 1.82) is 0 Å². The Hall–Kier alpha value is -0.410. The lowest BCUT2D eigenvalue weighted by molar-refractivity contribution is -0.187. The molecule has 0 aromatic rings. The molecule has 1 aliphatic heterocycles. The van der Waals surface area contributed by atoms with Gasteiger partial charge in [-0.15, -0.1) is 0 Å². The lowest BCUT2D eigenvalue weighted by Crippen LogP contribution is -2.34. The summed E-state index contributed by atoms with van der Waals surface area (Å²) in [5, 5.41) is 0. The van der Waals surface area contributed by atoms with Crippen LogP contribution >= 0.6 is 0 Å². The lowest BCUT2D eigenvalue weighted by Gasteiger charge is -2.23. The monoisotopic (exact) mass is 129 g/mol. The summed E-state index contributed by atoms with van der Waals surface area (Å²) in [7, 11) is 3.27. The minimum Gasteiger partial charge on any atom is -0.351 e. The molecule has 0 aromatic heterocycles. The predicted molar refractivity (Wildman–Crippen MR) is 34.7 cm³/mol. The molecular formula is C6H11NO2. The molecule has 9 heavy (non-hydrogen) atoms. The highest BCUT2D eigenvalue weighted by Crippen LogP contribution is 2.19. The highest BCUT2D eigenvalue weighted by atomic mass is 16.7. The zero-order valence-corrected chi connectivity index (χ0v) is 5.76. The van der Waals surface area contributed by atoms with E-state index >= 15 is 0 Å². The van der Waals surface area contributed by atoms with Gasteiger partial charge in [0, 0.05) is 26.9 Å². The number of nitrogens with zero attached hydrogens (tertiary/aromatic N) is 1. The largest absolute Gasteiger partial charge is 0.351 e. The number of methoxy groups -OCH3 is 2. The van der Waals surface area contributed by atoms with Crippen molar-refractivity contribution < 1.29 is 9.47 Å². The second kappa shape index (κ2) is 2.45. The summed E-state index contributed by atoms with van der Waals surface area (Å²) in [4.78, 5) is 4.00. The quantitative estimate of drug-likeness (QED) is 0.507. The van der Waals surface area contributed by atoms with E-state index < -0.39 is 5.79 Å². The lowest BCUT2D eigenvalue weighted by atomic mass is 10.2. The van der Waals surface area contributed by atoms with Crippen molar-refractivity contribution >= 4 is 6.21 Å². The van der Waals surface area contributed by atoms with Crippen LogP contribution in [0.15, 0.2) is 4.99 Å². The van der Waals surface area contributed by atoms with E-state index in [9.17, 15) is 0 Å². The van der Waals surface area contributed by atoms with Gasteiger partial charge < -0.3 is 9.47 Å².